The molecule has 2 aromatic rings. The van der Waals surface area contributed by atoms with Gasteiger partial charge in [-0.15, -0.1) is 0 Å². The van der Waals surface area contributed by atoms with Gasteiger partial charge >= 0.3 is 0 Å². The lowest BCUT2D eigenvalue weighted by Crippen LogP contribution is -2.47. The van der Waals surface area contributed by atoms with Gasteiger partial charge in [-0.25, -0.2) is 4.98 Å². The van der Waals surface area contributed by atoms with E-state index in [4.69, 9.17) is 4.74 Å². The number of hydrogen-bond donors (Lipinski definition) is 1. The molecule has 132 valence electrons. The van der Waals surface area contributed by atoms with Crippen LogP contribution in [0, 0.1) is 0 Å². The highest BCUT2D eigenvalue weighted by atomic mass is 16.5. The number of anilines is 1. The van der Waals surface area contributed by atoms with E-state index in [1.165, 1.54) is 0 Å². The second-order valence-corrected chi connectivity index (χ2v) is 6.23. The van der Waals surface area contributed by atoms with Crippen molar-refractivity contribution in [3.05, 3.63) is 53.9 Å². The van der Waals surface area contributed by atoms with Crippen molar-refractivity contribution in [3.63, 3.8) is 0 Å². The van der Waals surface area contributed by atoms with Crippen LogP contribution in [-0.4, -0.2) is 61.0 Å². The van der Waals surface area contributed by atoms with Gasteiger partial charge in [0.25, 0.3) is 5.91 Å². The summed E-state index contributed by atoms with van der Waals surface area (Å²) in [6, 6.07) is 11.6. The van der Waals surface area contributed by atoms with Crippen LogP contribution in [0.3, 0.4) is 0 Å². The number of nitrogens with zero attached hydrogens (tertiary/aromatic N) is 3. The van der Waals surface area contributed by atoms with Crippen LogP contribution in [-0.2, 0) is 6.54 Å². The molecule has 6 nitrogen and oxygen atoms in total. The monoisotopic (exact) mass is 340 g/mol. The number of benzene rings is 1. The predicted molar refractivity (Wildman–Crippen MR) is 98.0 cm³/mol. The van der Waals surface area contributed by atoms with Gasteiger partial charge in [0.15, 0.2) is 0 Å². The highest BCUT2D eigenvalue weighted by molar-refractivity contribution is 5.92. The number of pyridine rings is 1. The van der Waals surface area contributed by atoms with Crippen LogP contribution < -0.4 is 10.1 Å². The third-order valence-corrected chi connectivity index (χ3v) is 4.43. The second kappa shape index (κ2) is 7.98. The Bertz CT molecular complexity index is 692. The zero-order valence-electron chi connectivity index (χ0n) is 14.7. The van der Waals surface area contributed by atoms with Crippen molar-refractivity contribution in [2.24, 2.45) is 0 Å². The number of rotatable bonds is 5. The van der Waals surface area contributed by atoms with Gasteiger partial charge in [-0.2, -0.15) is 0 Å². The minimum atomic E-state index is 0.00908. The standard InChI is InChI=1S/C19H24N4O2/c1-22-9-11-23(12-10-22)19(24)18-8-5-16(14-21-18)20-13-15-3-6-17(25-2)7-4-15/h3-8,14,20H,9-13H2,1-2H3. The molecule has 0 saturated carbocycles. The fraction of sp³-hybridized carbons (Fsp3) is 0.368. The summed E-state index contributed by atoms with van der Waals surface area (Å²) in [4.78, 5) is 20.9. The molecule has 0 aliphatic carbocycles. The Morgan fingerprint density at radius 1 is 1.12 bits per heavy atom. The summed E-state index contributed by atoms with van der Waals surface area (Å²) < 4.78 is 5.15. The lowest BCUT2D eigenvalue weighted by molar-refractivity contribution is 0.0658. The fourth-order valence-corrected chi connectivity index (χ4v) is 2.74. The topological polar surface area (TPSA) is 57.7 Å². The summed E-state index contributed by atoms with van der Waals surface area (Å²) in [6.07, 6.45) is 1.72. The molecule has 1 aliphatic heterocycles. The van der Waals surface area contributed by atoms with Gasteiger partial charge in [0.05, 0.1) is 19.0 Å². The van der Waals surface area contributed by atoms with E-state index < -0.39 is 0 Å². The number of ether oxygens (including phenoxy) is 1. The van der Waals surface area contributed by atoms with Gasteiger partial charge in [-0.05, 0) is 36.9 Å². The smallest absolute Gasteiger partial charge is 0.272 e. The predicted octanol–water partition coefficient (Wildman–Crippen LogP) is 2.09. The van der Waals surface area contributed by atoms with Crippen molar-refractivity contribution in [1.29, 1.82) is 0 Å². The zero-order valence-corrected chi connectivity index (χ0v) is 14.7. The normalized spacial score (nSPS) is 15.0. The van der Waals surface area contributed by atoms with Crippen LogP contribution in [0.5, 0.6) is 5.75 Å². The first kappa shape index (κ1) is 17.2. The Kier molecular flexibility index (Phi) is 5.50. The Morgan fingerprint density at radius 3 is 2.44 bits per heavy atom. The minimum absolute atomic E-state index is 0.00908. The molecule has 1 N–H and O–H groups in total. The van der Waals surface area contributed by atoms with E-state index in [9.17, 15) is 4.79 Å². The molecule has 25 heavy (non-hydrogen) atoms. The molecular weight excluding hydrogens is 316 g/mol. The first-order valence-corrected chi connectivity index (χ1v) is 8.46. The Balaban J connectivity index is 1.55. The summed E-state index contributed by atoms with van der Waals surface area (Å²) >= 11 is 0. The van der Waals surface area contributed by atoms with E-state index in [2.05, 4.69) is 22.2 Å². The number of carbonyl (C=O) groups is 1. The minimum Gasteiger partial charge on any atom is -0.497 e. The molecule has 1 aromatic heterocycles. The number of nitrogens with one attached hydrogen (secondary N) is 1. The molecule has 6 heteroatoms. The summed E-state index contributed by atoms with van der Waals surface area (Å²) in [6.45, 7) is 4.03. The van der Waals surface area contributed by atoms with E-state index in [-0.39, 0.29) is 5.91 Å². The number of hydrogen-bond acceptors (Lipinski definition) is 5. The molecular formula is C19H24N4O2. The molecule has 1 amide bonds. The van der Waals surface area contributed by atoms with Gasteiger partial charge in [-0.3, -0.25) is 4.79 Å². The maximum atomic E-state index is 12.5. The van der Waals surface area contributed by atoms with Gasteiger partial charge in [-0.1, -0.05) is 12.1 Å². The first-order valence-electron chi connectivity index (χ1n) is 8.46. The van der Waals surface area contributed by atoms with Crippen LogP contribution in [0.15, 0.2) is 42.6 Å². The van der Waals surface area contributed by atoms with Crippen LogP contribution in [0.1, 0.15) is 16.1 Å². The third-order valence-electron chi connectivity index (χ3n) is 4.43. The summed E-state index contributed by atoms with van der Waals surface area (Å²) in [5.74, 6) is 0.854. The number of methoxy groups -OCH3 is 1. The van der Waals surface area contributed by atoms with E-state index in [1.807, 2.05) is 35.2 Å². The van der Waals surface area contributed by atoms with Crippen LogP contribution in [0.4, 0.5) is 5.69 Å². The molecule has 0 unspecified atom stereocenters. The maximum Gasteiger partial charge on any atom is 0.272 e. The van der Waals surface area contributed by atoms with Gasteiger partial charge in [0.1, 0.15) is 11.4 Å². The highest BCUT2D eigenvalue weighted by Gasteiger charge is 2.21. The van der Waals surface area contributed by atoms with E-state index in [1.54, 1.807) is 19.4 Å². The van der Waals surface area contributed by atoms with Crippen LogP contribution in [0.2, 0.25) is 0 Å². The van der Waals surface area contributed by atoms with Crippen molar-refractivity contribution >= 4 is 11.6 Å². The van der Waals surface area contributed by atoms with E-state index in [0.717, 1.165) is 43.2 Å². The highest BCUT2D eigenvalue weighted by Crippen LogP contribution is 2.14. The van der Waals surface area contributed by atoms with E-state index in [0.29, 0.717) is 12.2 Å². The Morgan fingerprint density at radius 2 is 1.84 bits per heavy atom. The Hall–Kier alpha value is -2.60. The lowest BCUT2D eigenvalue weighted by atomic mass is 10.2. The molecule has 2 heterocycles. The van der Waals surface area contributed by atoms with Crippen molar-refractivity contribution < 1.29 is 9.53 Å². The third kappa shape index (κ3) is 4.48. The second-order valence-electron chi connectivity index (χ2n) is 6.23. The zero-order chi connectivity index (χ0) is 17.6. The molecule has 1 fully saturated rings. The van der Waals surface area contributed by atoms with Gasteiger partial charge in [0, 0.05) is 32.7 Å². The van der Waals surface area contributed by atoms with E-state index >= 15 is 0 Å². The molecule has 0 radical (unpaired) electrons. The molecule has 0 atom stereocenters. The van der Waals surface area contributed by atoms with Crippen molar-refractivity contribution in [1.82, 2.24) is 14.8 Å². The van der Waals surface area contributed by atoms with Crippen molar-refractivity contribution in [2.45, 2.75) is 6.54 Å². The fourth-order valence-electron chi connectivity index (χ4n) is 2.74. The summed E-state index contributed by atoms with van der Waals surface area (Å²) in [5.41, 5.74) is 2.55. The molecule has 0 spiro atoms. The number of aromatic nitrogens is 1. The average molecular weight is 340 g/mol. The SMILES string of the molecule is COc1ccc(CNc2ccc(C(=O)N3CCN(C)CC3)nc2)cc1. The average Bonchev–Trinajstić information content (AvgIpc) is 2.67. The molecule has 3 rings (SSSR count). The molecule has 1 aliphatic rings. The van der Waals surface area contributed by atoms with Gasteiger partial charge < -0.3 is 19.9 Å². The first-order chi connectivity index (χ1) is 12.2. The molecule has 1 aromatic carbocycles. The lowest BCUT2D eigenvalue weighted by Gasteiger charge is -2.32. The van der Waals surface area contributed by atoms with Gasteiger partial charge in [0.2, 0.25) is 0 Å². The van der Waals surface area contributed by atoms with Crippen molar-refractivity contribution in [2.75, 3.05) is 45.7 Å². The maximum absolute atomic E-state index is 12.5. The Labute approximate surface area is 148 Å². The number of carbonyl (C=O) groups excluding carboxylic acids is 1. The summed E-state index contributed by atoms with van der Waals surface area (Å²) in [5, 5.41) is 3.32. The molecule has 1 saturated heterocycles. The molecule has 0 bridgehead atoms. The number of likely N-dealkylation sites (N-methyl/N-ethyl adjacent to an activating group) is 1. The van der Waals surface area contributed by atoms with Crippen LogP contribution in [0.25, 0.3) is 0 Å². The quantitative estimate of drug-likeness (QED) is 0.903. The summed E-state index contributed by atoms with van der Waals surface area (Å²) in [7, 11) is 3.73. The number of amides is 1. The number of piperazine rings is 1. The largest absolute Gasteiger partial charge is 0.497 e. The van der Waals surface area contributed by atoms with Crippen LogP contribution >= 0.6 is 0 Å². The van der Waals surface area contributed by atoms with Crippen molar-refractivity contribution in [3.8, 4) is 5.75 Å².